The monoisotopic (exact) mass is 288 g/mol. The van der Waals surface area contributed by atoms with Crippen LogP contribution in [0.2, 0.25) is 0 Å². The van der Waals surface area contributed by atoms with Gasteiger partial charge in [0.1, 0.15) is 5.75 Å². The molecule has 21 heavy (non-hydrogen) atoms. The number of ether oxygens (including phenoxy) is 2. The Labute approximate surface area is 124 Å². The van der Waals surface area contributed by atoms with Crippen molar-refractivity contribution < 1.29 is 14.0 Å². The van der Waals surface area contributed by atoms with Crippen molar-refractivity contribution in [2.24, 2.45) is 0 Å². The Morgan fingerprint density at radius 3 is 3.00 bits per heavy atom. The van der Waals surface area contributed by atoms with Crippen LogP contribution in [0.5, 0.6) is 5.75 Å². The van der Waals surface area contributed by atoms with Crippen LogP contribution in [-0.2, 0) is 17.6 Å². The molecule has 0 bridgehead atoms. The van der Waals surface area contributed by atoms with E-state index in [9.17, 15) is 0 Å². The van der Waals surface area contributed by atoms with E-state index < -0.39 is 0 Å². The van der Waals surface area contributed by atoms with Gasteiger partial charge in [-0.3, -0.25) is 0 Å². The second kappa shape index (κ2) is 6.26. The summed E-state index contributed by atoms with van der Waals surface area (Å²) in [7, 11) is 1.69. The third kappa shape index (κ3) is 3.24. The first kappa shape index (κ1) is 14.1. The van der Waals surface area contributed by atoms with Crippen molar-refractivity contribution in [3.63, 3.8) is 0 Å². The van der Waals surface area contributed by atoms with Gasteiger partial charge < -0.3 is 14.0 Å². The van der Waals surface area contributed by atoms with Crippen LogP contribution in [0.1, 0.15) is 35.2 Å². The lowest BCUT2D eigenvalue weighted by atomic mass is 10.1. The average molecular weight is 288 g/mol. The predicted molar refractivity (Wildman–Crippen MR) is 77.6 cm³/mol. The smallest absolute Gasteiger partial charge is 0.226 e. The number of nitrogens with zero attached hydrogens (tertiary/aromatic N) is 2. The second-order valence-corrected chi connectivity index (χ2v) is 5.41. The SMILES string of the molecule is COc1cc(CCc2nc([C@@H]3CCOC3)no2)ccc1C. The van der Waals surface area contributed by atoms with E-state index in [1.165, 1.54) is 5.56 Å². The molecule has 0 saturated carbocycles. The first-order chi connectivity index (χ1) is 10.3. The molecule has 1 fully saturated rings. The van der Waals surface area contributed by atoms with Crippen molar-refractivity contribution in [3.8, 4) is 5.75 Å². The highest BCUT2D eigenvalue weighted by Crippen LogP contribution is 2.23. The quantitative estimate of drug-likeness (QED) is 0.846. The Balaban J connectivity index is 1.62. The fourth-order valence-electron chi connectivity index (χ4n) is 2.54. The summed E-state index contributed by atoms with van der Waals surface area (Å²) in [6, 6.07) is 6.25. The summed E-state index contributed by atoms with van der Waals surface area (Å²) in [6.45, 7) is 3.53. The molecule has 1 saturated heterocycles. The van der Waals surface area contributed by atoms with Gasteiger partial charge in [0.15, 0.2) is 5.82 Å². The van der Waals surface area contributed by atoms with Crippen molar-refractivity contribution in [1.82, 2.24) is 10.1 Å². The Kier molecular flexibility index (Phi) is 4.20. The highest BCUT2D eigenvalue weighted by molar-refractivity contribution is 5.36. The first-order valence-electron chi connectivity index (χ1n) is 7.30. The normalized spacial score (nSPS) is 18.1. The zero-order valence-corrected chi connectivity index (χ0v) is 12.5. The minimum Gasteiger partial charge on any atom is -0.496 e. The number of aromatic nitrogens is 2. The van der Waals surface area contributed by atoms with Crippen LogP contribution >= 0.6 is 0 Å². The fraction of sp³-hybridized carbons (Fsp3) is 0.500. The summed E-state index contributed by atoms with van der Waals surface area (Å²) in [5, 5.41) is 4.07. The van der Waals surface area contributed by atoms with Gasteiger partial charge in [0.25, 0.3) is 0 Å². The average Bonchev–Trinajstić information content (AvgIpc) is 3.17. The standard InChI is InChI=1S/C16H20N2O3/c1-11-3-4-12(9-14(11)19-2)5-6-15-17-16(18-21-15)13-7-8-20-10-13/h3-4,9,13H,5-8,10H2,1-2H3/t13-/m1/s1. The summed E-state index contributed by atoms with van der Waals surface area (Å²) in [5.41, 5.74) is 2.35. The molecule has 1 aromatic carbocycles. The van der Waals surface area contributed by atoms with E-state index in [0.29, 0.717) is 18.4 Å². The summed E-state index contributed by atoms with van der Waals surface area (Å²) in [6.07, 6.45) is 2.58. The number of hydrogen-bond donors (Lipinski definition) is 0. The van der Waals surface area contributed by atoms with Gasteiger partial charge in [0.2, 0.25) is 5.89 Å². The Morgan fingerprint density at radius 2 is 2.24 bits per heavy atom. The van der Waals surface area contributed by atoms with Crippen LogP contribution in [0.25, 0.3) is 0 Å². The molecule has 1 aliphatic rings. The number of rotatable bonds is 5. The molecule has 0 amide bonds. The minimum atomic E-state index is 0.293. The van der Waals surface area contributed by atoms with Crippen LogP contribution in [0, 0.1) is 6.92 Å². The maximum atomic E-state index is 5.35. The lowest BCUT2D eigenvalue weighted by Gasteiger charge is -2.06. The maximum Gasteiger partial charge on any atom is 0.226 e. The number of benzene rings is 1. The van der Waals surface area contributed by atoms with Crippen LogP contribution in [0.4, 0.5) is 0 Å². The van der Waals surface area contributed by atoms with Gasteiger partial charge in [-0.15, -0.1) is 0 Å². The van der Waals surface area contributed by atoms with E-state index in [1.807, 2.05) is 6.92 Å². The molecule has 1 aliphatic heterocycles. The van der Waals surface area contributed by atoms with Crippen LogP contribution in [0.15, 0.2) is 22.7 Å². The van der Waals surface area contributed by atoms with E-state index >= 15 is 0 Å². The van der Waals surface area contributed by atoms with Crippen LogP contribution < -0.4 is 4.74 Å². The van der Waals surface area contributed by atoms with E-state index in [4.69, 9.17) is 14.0 Å². The molecule has 2 aromatic rings. The van der Waals surface area contributed by atoms with Crippen molar-refractivity contribution in [2.45, 2.75) is 32.1 Å². The molecule has 2 heterocycles. The molecule has 1 atom stereocenters. The van der Waals surface area contributed by atoms with Crippen molar-refractivity contribution in [3.05, 3.63) is 41.0 Å². The summed E-state index contributed by atoms with van der Waals surface area (Å²) < 4.78 is 16.0. The molecular weight excluding hydrogens is 268 g/mol. The second-order valence-electron chi connectivity index (χ2n) is 5.41. The van der Waals surface area contributed by atoms with Gasteiger partial charge in [-0.2, -0.15) is 4.98 Å². The molecule has 0 spiro atoms. The maximum absolute atomic E-state index is 5.35. The lowest BCUT2D eigenvalue weighted by Crippen LogP contribution is -2.00. The van der Waals surface area contributed by atoms with E-state index in [-0.39, 0.29) is 0 Å². The van der Waals surface area contributed by atoms with Gasteiger partial charge in [-0.1, -0.05) is 17.3 Å². The van der Waals surface area contributed by atoms with Gasteiger partial charge in [-0.05, 0) is 37.0 Å². The number of methoxy groups -OCH3 is 1. The third-order valence-corrected chi connectivity index (χ3v) is 3.88. The van der Waals surface area contributed by atoms with E-state index in [0.717, 1.165) is 43.0 Å². The molecule has 5 nitrogen and oxygen atoms in total. The molecular formula is C16H20N2O3. The van der Waals surface area contributed by atoms with Gasteiger partial charge >= 0.3 is 0 Å². The molecule has 112 valence electrons. The Morgan fingerprint density at radius 1 is 1.33 bits per heavy atom. The molecule has 0 N–H and O–H groups in total. The molecule has 1 aromatic heterocycles. The summed E-state index contributed by atoms with van der Waals surface area (Å²) in [5.74, 6) is 2.68. The topological polar surface area (TPSA) is 57.4 Å². The van der Waals surface area contributed by atoms with Crippen LogP contribution in [0.3, 0.4) is 0 Å². The summed E-state index contributed by atoms with van der Waals surface area (Å²) >= 11 is 0. The van der Waals surface area contributed by atoms with Crippen molar-refractivity contribution >= 4 is 0 Å². The third-order valence-electron chi connectivity index (χ3n) is 3.88. The van der Waals surface area contributed by atoms with E-state index in [2.05, 4.69) is 28.3 Å². The minimum absolute atomic E-state index is 0.293. The Hall–Kier alpha value is -1.88. The zero-order chi connectivity index (χ0) is 14.7. The van der Waals surface area contributed by atoms with Gasteiger partial charge in [-0.25, -0.2) is 0 Å². The highest BCUT2D eigenvalue weighted by atomic mass is 16.5. The lowest BCUT2D eigenvalue weighted by molar-refractivity contribution is 0.192. The van der Waals surface area contributed by atoms with Crippen LogP contribution in [-0.4, -0.2) is 30.5 Å². The van der Waals surface area contributed by atoms with Gasteiger partial charge in [0, 0.05) is 18.9 Å². The molecule has 3 rings (SSSR count). The molecule has 5 heteroatoms. The predicted octanol–water partition coefficient (Wildman–Crippen LogP) is 2.68. The first-order valence-corrected chi connectivity index (χ1v) is 7.30. The zero-order valence-electron chi connectivity index (χ0n) is 12.5. The van der Waals surface area contributed by atoms with Gasteiger partial charge in [0.05, 0.1) is 13.7 Å². The fourth-order valence-corrected chi connectivity index (χ4v) is 2.54. The van der Waals surface area contributed by atoms with Crippen molar-refractivity contribution in [1.29, 1.82) is 0 Å². The number of aryl methyl sites for hydroxylation is 3. The number of hydrogen-bond acceptors (Lipinski definition) is 5. The molecule has 0 radical (unpaired) electrons. The van der Waals surface area contributed by atoms with Crippen molar-refractivity contribution in [2.75, 3.05) is 20.3 Å². The highest BCUT2D eigenvalue weighted by Gasteiger charge is 2.22. The molecule has 0 unspecified atom stereocenters. The Bertz CT molecular complexity index is 603. The largest absolute Gasteiger partial charge is 0.496 e. The summed E-state index contributed by atoms with van der Waals surface area (Å²) in [4.78, 5) is 4.48. The van der Waals surface area contributed by atoms with E-state index in [1.54, 1.807) is 7.11 Å². The molecule has 0 aliphatic carbocycles.